The maximum Gasteiger partial charge on any atom is 0.407 e. The SMILES string of the molecule is COc1ccc(-c2ccc(C[C@H](NC(=O)OC(C)(C)C)[C@@H]3CO3)cc2)cn1. The number of rotatable bonds is 6. The summed E-state index contributed by atoms with van der Waals surface area (Å²) in [5, 5.41) is 2.93. The van der Waals surface area contributed by atoms with Crippen LogP contribution in [0.4, 0.5) is 4.79 Å². The summed E-state index contributed by atoms with van der Waals surface area (Å²) in [6.07, 6.45) is 2.11. The van der Waals surface area contributed by atoms with Gasteiger partial charge in [-0.25, -0.2) is 9.78 Å². The number of alkyl carbamates (subject to hydrolysis) is 1. The molecule has 1 aliphatic heterocycles. The lowest BCUT2D eigenvalue weighted by Gasteiger charge is -2.23. The average Bonchev–Trinajstić information content (AvgIpc) is 3.45. The normalized spacial score (nSPS) is 17.1. The molecule has 1 saturated heterocycles. The van der Waals surface area contributed by atoms with Crippen molar-refractivity contribution >= 4 is 6.09 Å². The highest BCUT2D eigenvalue weighted by atomic mass is 16.6. The molecule has 1 aromatic carbocycles. The number of methoxy groups -OCH3 is 1. The van der Waals surface area contributed by atoms with Crippen molar-refractivity contribution in [1.82, 2.24) is 10.3 Å². The van der Waals surface area contributed by atoms with Crippen LogP contribution in [0, 0.1) is 0 Å². The van der Waals surface area contributed by atoms with Crippen LogP contribution in [0.1, 0.15) is 26.3 Å². The Labute approximate surface area is 159 Å². The van der Waals surface area contributed by atoms with Crippen LogP contribution in [-0.2, 0) is 15.9 Å². The van der Waals surface area contributed by atoms with Crippen LogP contribution in [0.2, 0.25) is 0 Å². The van der Waals surface area contributed by atoms with Crippen LogP contribution in [0.5, 0.6) is 5.88 Å². The van der Waals surface area contributed by atoms with E-state index >= 15 is 0 Å². The Hall–Kier alpha value is -2.60. The minimum absolute atomic E-state index is 0.0444. The first-order valence-electron chi connectivity index (χ1n) is 9.04. The molecule has 1 fully saturated rings. The molecule has 1 aliphatic rings. The van der Waals surface area contributed by atoms with Crippen molar-refractivity contribution in [3.63, 3.8) is 0 Å². The van der Waals surface area contributed by atoms with Crippen LogP contribution in [0.3, 0.4) is 0 Å². The number of carbonyl (C=O) groups is 1. The van der Waals surface area contributed by atoms with E-state index in [0.29, 0.717) is 18.9 Å². The van der Waals surface area contributed by atoms with Crippen molar-refractivity contribution in [3.8, 4) is 17.0 Å². The van der Waals surface area contributed by atoms with Gasteiger partial charge in [0.25, 0.3) is 0 Å². The molecule has 27 heavy (non-hydrogen) atoms. The van der Waals surface area contributed by atoms with Gasteiger partial charge in [-0.1, -0.05) is 24.3 Å². The van der Waals surface area contributed by atoms with E-state index < -0.39 is 11.7 Å². The number of aromatic nitrogens is 1. The molecule has 6 nitrogen and oxygen atoms in total. The van der Waals surface area contributed by atoms with E-state index in [9.17, 15) is 4.79 Å². The second-order valence-corrected chi connectivity index (χ2v) is 7.61. The standard InChI is InChI=1S/C21H26N2O4/c1-21(2,3)27-20(24)23-17(18-13-26-18)11-14-5-7-15(8-6-14)16-9-10-19(25-4)22-12-16/h5-10,12,17-18H,11,13H2,1-4H3,(H,23,24)/t17-,18-/m0/s1. The molecular formula is C21H26N2O4. The zero-order chi connectivity index (χ0) is 19.4. The van der Waals surface area contributed by atoms with Gasteiger partial charge in [-0.2, -0.15) is 0 Å². The van der Waals surface area contributed by atoms with Crippen molar-refractivity contribution in [2.24, 2.45) is 0 Å². The number of benzene rings is 1. The van der Waals surface area contributed by atoms with Crippen LogP contribution in [-0.4, -0.2) is 42.5 Å². The maximum atomic E-state index is 12.1. The molecule has 0 saturated carbocycles. The lowest BCUT2D eigenvalue weighted by atomic mass is 10.0. The van der Waals surface area contributed by atoms with Gasteiger partial charge in [-0.15, -0.1) is 0 Å². The van der Waals surface area contributed by atoms with Gasteiger partial charge in [0.15, 0.2) is 0 Å². The Morgan fingerprint density at radius 3 is 2.41 bits per heavy atom. The quantitative estimate of drug-likeness (QED) is 0.787. The highest BCUT2D eigenvalue weighted by Crippen LogP contribution is 2.23. The van der Waals surface area contributed by atoms with Crippen LogP contribution in [0.25, 0.3) is 11.1 Å². The highest BCUT2D eigenvalue weighted by Gasteiger charge is 2.34. The van der Waals surface area contributed by atoms with Gasteiger partial charge in [0.1, 0.15) is 11.7 Å². The molecule has 2 atom stereocenters. The van der Waals surface area contributed by atoms with E-state index in [2.05, 4.69) is 34.6 Å². The second-order valence-electron chi connectivity index (χ2n) is 7.61. The van der Waals surface area contributed by atoms with Gasteiger partial charge in [-0.05, 0) is 44.4 Å². The molecule has 0 bridgehead atoms. The smallest absolute Gasteiger partial charge is 0.407 e. The molecular weight excluding hydrogens is 344 g/mol. The van der Waals surface area contributed by atoms with Gasteiger partial charge in [0.05, 0.1) is 19.8 Å². The third kappa shape index (κ3) is 5.69. The third-order valence-corrected chi connectivity index (χ3v) is 4.20. The van der Waals surface area contributed by atoms with E-state index in [1.807, 2.05) is 32.9 Å². The monoisotopic (exact) mass is 370 g/mol. The summed E-state index contributed by atoms with van der Waals surface area (Å²) in [6, 6.07) is 11.9. The molecule has 0 aliphatic carbocycles. The fourth-order valence-electron chi connectivity index (χ4n) is 2.78. The molecule has 3 rings (SSSR count). The third-order valence-electron chi connectivity index (χ3n) is 4.20. The molecule has 6 heteroatoms. The summed E-state index contributed by atoms with van der Waals surface area (Å²) < 4.78 is 15.8. The molecule has 1 aromatic heterocycles. The first-order chi connectivity index (χ1) is 12.8. The number of nitrogens with one attached hydrogen (secondary N) is 1. The Bertz CT molecular complexity index is 762. The second kappa shape index (κ2) is 7.96. The lowest BCUT2D eigenvalue weighted by Crippen LogP contribution is -2.43. The van der Waals surface area contributed by atoms with Crippen molar-refractivity contribution in [1.29, 1.82) is 0 Å². The average molecular weight is 370 g/mol. The number of hydrogen-bond acceptors (Lipinski definition) is 5. The lowest BCUT2D eigenvalue weighted by molar-refractivity contribution is 0.0495. The van der Waals surface area contributed by atoms with E-state index in [-0.39, 0.29) is 12.1 Å². The minimum atomic E-state index is -0.521. The molecule has 2 aromatic rings. The highest BCUT2D eigenvalue weighted by molar-refractivity contribution is 5.68. The largest absolute Gasteiger partial charge is 0.481 e. The minimum Gasteiger partial charge on any atom is -0.481 e. The fourth-order valence-corrected chi connectivity index (χ4v) is 2.78. The molecule has 0 spiro atoms. The molecule has 1 N–H and O–H groups in total. The van der Waals surface area contributed by atoms with Gasteiger partial charge in [-0.3, -0.25) is 0 Å². The number of ether oxygens (including phenoxy) is 3. The number of epoxide rings is 1. The summed E-state index contributed by atoms with van der Waals surface area (Å²) in [5.41, 5.74) is 2.70. The van der Waals surface area contributed by atoms with Crippen molar-refractivity contribution in [3.05, 3.63) is 48.2 Å². The Kier molecular flexibility index (Phi) is 5.65. The van der Waals surface area contributed by atoms with Crippen LogP contribution < -0.4 is 10.1 Å². The molecule has 0 unspecified atom stereocenters. The van der Waals surface area contributed by atoms with Gasteiger partial charge < -0.3 is 19.5 Å². The van der Waals surface area contributed by atoms with Gasteiger partial charge in [0.2, 0.25) is 5.88 Å². The molecule has 144 valence electrons. The van der Waals surface area contributed by atoms with Crippen molar-refractivity contribution < 1.29 is 19.0 Å². The van der Waals surface area contributed by atoms with Crippen LogP contribution in [0.15, 0.2) is 42.6 Å². The van der Waals surface area contributed by atoms with Crippen molar-refractivity contribution in [2.75, 3.05) is 13.7 Å². The molecule has 2 heterocycles. The zero-order valence-electron chi connectivity index (χ0n) is 16.2. The maximum absolute atomic E-state index is 12.1. The predicted octanol–water partition coefficient (Wildman–Crippen LogP) is 3.59. The van der Waals surface area contributed by atoms with E-state index in [1.54, 1.807) is 13.3 Å². The summed E-state index contributed by atoms with van der Waals surface area (Å²) in [4.78, 5) is 16.3. The van der Waals surface area contributed by atoms with E-state index in [0.717, 1.165) is 16.7 Å². The number of hydrogen-bond donors (Lipinski definition) is 1. The van der Waals surface area contributed by atoms with Crippen LogP contribution >= 0.6 is 0 Å². The summed E-state index contributed by atoms with van der Waals surface area (Å²) in [5.74, 6) is 0.593. The predicted molar refractivity (Wildman–Crippen MR) is 103 cm³/mol. The van der Waals surface area contributed by atoms with Crippen molar-refractivity contribution in [2.45, 2.75) is 44.9 Å². The van der Waals surface area contributed by atoms with E-state index in [4.69, 9.17) is 14.2 Å². The summed E-state index contributed by atoms with van der Waals surface area (Å²) in [7, 11) is 1.60. The molecule has 1 amide bonds. The first kappa shape index (κ1) is 19.2. The van der Waals surface area contributed by atoms with Gasteiger partial charge >= 0.3 is 6.09 Å². The first-order valence-corrected chi connectivity index (χ1v) is 9.04. The Morgan fingerprint density at radius 1 is 1.22 bits per heavy atom. The number of pyridine rings is 1. The summed E-state index contributed by atoms with van der Waals surface area (Å²) >= 11 is 0. The Balaban J connectivity index is 1.63. The molecule has 0 radical (unpaired) electrons. The topological polar surface area (TPSA) is 73.0 Å². The zero-order valence-corrected chi connectivity index (χ0v) is 16.2. The summed E-state index contributed by atoms with van der Waals surface area (Å²) in [6.45, 7) is 6.21. The number of amides is 1. The van der Waals surface area contributed by atoms with Gasteiger partial charge in [0, 0.05) is 17.8 Å². The number of nitrogens with zero attached hydrogens (tertiary/aromatic N) is 1. The fraction of sp³-hybridized carbons (Fsp3) is 0.429. The number of carbonyl (C=O) groups excluding carboxylic acids is 1. The van der Waals surface area contributed by atoms with E-state index in [1.165, 1.54) is 0 Å². The Morgan fingerprint density at radius 2 is 1.89 bits per heavy atom.